The number of esters is 1. The summed E-state index contributed by atoms with van der Waals surface area (Å²) in [5.41, 5.74) is 4.56. The third-order valence-corrected chi connectivity index (χ3v) is 5.36. The smallest absolute Gasteiger partial charge is 0.348 e. The van der Waals surface area contributed by atoms with E-state index >= 15 is 0 Å². The maximum atomic E-state index is 13.9. The highest BCUT2D eigenvalue weighted by atomic mass is 35.5. The van der Waals surface area contributed by atoms with Crippen LogP contribution in [0.4, 0.5) is 8.78 Å². The predicted molar refractivity (Wildman–Crippen MR) is 102 cm³/mol. The molecule has 0 fully saturated rings. The van der Waals surface area contributed by atoms with Crippen molar-refractivity contribution in [2.24, 2.45) is 5.73 Å². The highest BCUT2D eigenvalue weighted by molar-refractivity contribution is 7.21. The van der Waals surface area contributed by atoms with Crippen LogP contribution < -0.4 is 10.5 Å². The van der Waals surface area contributed by atoms with Crippen molar-refractivity contribution >= 4 is 44.9 Å². The Labute approximate surface area is 167 Å². The molecule has 2 aromatic carbocycles. The first-order valence-electron chi connectivity index (χ1n) is 8.12. The predicted octanol–water partition coefficient (Wildman–Crippen LogP) is 4.69. The topological polar surface area (TPSA) is 78.6 Å². The first-order valence-corrected chi connectivity index (χ1v) is 9.31. The number of fused-ring (bicyclic) bond motifs is 1. The Hall–Kier alpha value is -2.71. The Morgan fingerprint density at radius 3 is 2.50 bits per heavy atom. The van der Waals surface area contributed by atoms with Crippen LogP contribution in [0.15, 0.2) is 30.3 Å². The maximum absolute atomic E-state index is 13.9. The van der Waals surface area contributed by atoms with Crippen molar-refractivity contribution < 1.29 is 27.8 Å². The van der Waals surface area contributed by atoms with Gasteiger partial charge in [-0.05, 0) is 19.1 Å². The molecule has 0 bridgehead atoms. The molecule has 0 unspecified atom stereocenters. The average molecular weight is 426 g/mol. The molecule has 0 aliphatic carbocycles. The lowest BCUT2D eigenvalue weighted by atomic mass is 10.1. The van der Waals surface area contributed by atoms with E-state index in [2.05, 4.69) is 0 Å². The van der Waals surface area contributed by atoms with Gasteiger partial charge in [-0.2, -0.15) is 0 Å². The van der Waals surface area contributed by atoms with Crippen LogP contribution >= 0.6 is 22.9 Å². The summed E-state index contributed by atoms with van der Waals surface area (Å²) < 4.78 is 39.2. The van der Waals surface area contributed by atoms with Gasteiger partial charge in [0.1, 0.15) is 34.4 Å². The fourth-order valence-electron chi connectivity index (χ4n) is 2.69. The van der Waals surface area contributed by atoms with E-state index in [1.807, 2.05) is 0 Å². The summed E-state index contributed by atoms with van der Waals surface area (Å²) in [4.78, 5) is 23.7. The van der Waals surface area contributed by atoms with Crippen LogP contribution in [-0.2, 0) is 11.3 Å². The van der Waals surface area contributed by atoms with Crippen molar-refractivity contribution in [2.75, 3.05) is 6.61 Å². The van der Waals surface area contributed by atoms with Crippen molar-refractivity contribution in [1.82, 2.24) is 0 Å². The van der Waals surface area contributed by atoms with Gasteiger partial charge in [-0.25, -0.2) is 13.6 Å². The first kappa shape index (κ1) is 20.0. The summed E-state index contributed by atoms with van der Waals surface area (Å²) in [5, 5.41) is 1.01. The third-order valence-electron chi connectivity index (χ3n) is 3.87. The molecule has 1 aromatic heterocycles. The lowest BCUT2D eigenvalue weighted by Gasteiger charge is -2.10. The molecule has 0 aliphatic rings. The number of benzene rings is 2. The van der Waals surface area contributed by atoms with E-state index in [0.29, 0.717) is 20.8 Å². The highest BCUT2D eigenvalue weighted by Crippen LogP contribution is 2.37. The Morgan fingerprint density at radius 1 is 1.21 bits per heavy atom. The molecule has 5 nitrogen and oxygen atoms in total. The van der Waals surface area contributed by atoms with Crippen LogP contribution in [0.2, 0.25) is 5.02 Å². The van der Waals surface area contributed by atoms with E-state index < -0.39 is 29.1 Å². The first-order chi connectivity index (χ1) is 13.3. The molecule has 1 amide bonds. The van der Waals surface area contributed by atoms with E-state index in [0.717, 1.165) is 16.8 Å². The number of carbonyl (C=O) groups is 2. The number of hydrogen-bond donors (Lipinski definition) is 1. The van der Waals surface area contributed by atoms with Crippen molar-refractivity contribution in [3.8, 4) is 5.75 Å². The molecule has 3 aromatic rings. The average Bonchev–Trinajstić information content (AvgIpc) is 2.99. The van der Waals surface area contributed by atoms with E-state index in [-0.39, 0.29) is 19.0 Å². The molecular weight excluding hydrogens is 412 g/mol. The Morgan fingerprint density at radius 2 is 1.89 bits per heavy atom. The van der Waals surface area contributed by atoms with Crippen molar-refractivity contribution in [3.05, 3.63) is 63.0 Å². The number of halogens is 3. The standard InChI is InChI=1S/C19H14ClF2NO4S/c1-2-26-19(25)17-10(15-11(20)4-3-5-14(15)28-17)8-27-9-6-12(21)16(18(23)24)13(22)7-9/h3-7H,2,8H2,1H3,(H2,23,24). The molecule has 3 rings (SSSR count). The van der Waals surface area contributed by atoms with Gasteiger partial charge in [-0.15, -0.1) is 11.3 Å². The normalized spacial score (nSPS) is 10.9. The molecule has 0 saturated heterocycles. The monoisotopic (exact) mass is 425 g/mol. The second-order valence-electron chi connectivity index (χ2n) is 5.66. The number of hydrogen-bond acceptors (Lipinski definition) is 5. The number of carbonyl (C=O) groups excluding carboxylic acids is 2. The zero-order valence-corrected chi connectivity index (χ0v) is 16.1. The number of amides is 1. The molecule has 9 heteroatoms. The largest absolute Gasteiger partial charge is 0.489 e. The van der Waals surface area contributed by atoms with E-state index in [4.69, 9.17) is 26.8 Å². The molecule has 1 heterocycles. The number of ether oxygens (including phenoxy) is 2. The van der Waals surface area contributed by atoms with Gasteiger partial charge in [0.05, 0.1) is 6.61 Å². The summed E-state index contributed by atoms with van der Waals surface area (Å²) in [5.74, 6) is -4.20. The van der Waals surface area contributed by atoms with Crippen LogP contribution in [0, 0.1) is 11.6 Å². The number of primary amides is 1. The summed E-state index contributed by atoms with van der Waals surface area (Å²) in [7, 11) is 0. The molecule has 28 heavy (non-hydrogen) atoms. The Kier molecular flexibility index (Phi) is 5.81. The van der Waals surface area contributed by atoms with Gasteiger partial charge in [-0.1, -0.05) is 17.7 Å². The molecule has 0 atom stereocenters. The van der Waals surface area contributed by atoms with Gasteiger partial charge in [-0.3, -0.25) is 4.79 Å². The molecule has 146 valence electrons. The quantitative estimate of drug-likeness (QED) is 0.581. The van der Waals surface area contributed by atoms with E-state index in [9.17, 15) is 18.4 Å². The van der Waals surface area contributed by atoms with Crippen molar-refractivity contribution in [2.45, 2.75) is 13.5 Å². The van der Waals surface area contributed by atoms with Crippen LogP contribution in [0.3, 0.4) is 0 Å². The zero-order valence-electron chi connectivity index (χ0n) is 14.6. The molecule has 0 radical (unpaired) electrons. The zero-order chi connectivity index (χ0) is 20.4. The highest BCUT2D eigenvalue weighted by Gasteiger charge is 2.22. The molecule has 0 saturated carbocycles. The molecule has 2 N–H and O–H groups in total. The van der Waals surface area contributed by atoms with Crippen molar-refractivity contribution in [1.29, 1.82) is 0 Å². The van der Waals surface area contributed by atoms with Crippen molar-refractivity contribution in [3.63, 3.8) is 0 Å². The second kappa shape index (κ2) is 8.12. The fourth-order valence-corrected chi connectivity index (χ4v) is 4.16. The summed E-state index contributed by atoms with van der Waals surface area (Å²) in [6.07, 6.45) is 0. The SMILES string of the molecule is CCOC(=O)c1sc2cccc(Cl)c2c1COc1cc(F)c(C(N)=O)c(F)c1. The van der Waals surface area contributed by atoms with Gasteiger partial charge >= 0.3 is 5.97 Å². The van der Waals surface area contributed by atoms with Gasteiger partial charge in [0.2, 0.25) is 0 Å². The minimum atomic E-state index is -1.22. The van der Waals surface area contributed by atoms with Crippen LogP contribution in [-0.4, -0.2) is 18.5 Å². The Balaban J connectivity index is 1.99. The summed E-state index contributed by atoms with van der Waals surface area (Å²) in [6, 6.07) is 6.90. The van der Waals surface area contributed by atoms with Gasteiger partial charge in [0.25, 0.3) is 5.91 Å². The van der Waals surface area contributed by atoms with E-state index in [1.165, 1.54) is 11.3 Å². The molecule has 0 spiro atoms. The Bertz CT molecular complexity index is 1060. The molecular formula is C19H14ClF2NO4S. The fraction of sp³-hybridized carbons (Fsp3) is 0.158. The maximum Gasteiger partial charge on any atom is 0.348 e. The number of rotatable bonds is 6. The van der Waals surface area contributed by atoms with Crippen LogP contribution in [0.5, 0.6) is 5.75 Å². The lowest BCUT2D eigenvalue weighted by molar-refractivity contribution is 0.0529. The summed E-state index contributed by atoms with van der Waals surface area (Å²) in [6.45, 7) is 1.68. The number of nitrogens with two attached hydrogens (primary N) is 1. The lowest BCUT2D eigenvalue weighted by Crippen LogP contribution is -2.15. The van der Waals surface area contributed by atoms with E-state index in [1.54, 1.807) is 25.1 Å². The number of thiophene rings is 1. The third kappa shape index (κ3) is 3.79. The van der Waals surface area contributed by atoms with Gasteiger partial charge in [0, 0.05) is 32.8 Å². The molecule has 0 aliphatic heterocycles. The second-order valence-corrected chi connectivity index (χ2v) is 7.12. The van der Waals surface area contributed by atoms with Crippen LogP contribution in [0.1, 0.15) is 32.5 Å². The van der Waals surface area contributed by atoms with Gasteiger partial charge in [0.15, 0.2) is 0 Å². The minimum absolute atomic E-state index is 0.166. The minimum Gasteiger partial charge on any atom is -0.489 e. The van der Waals surface area contributed by atoms with Gasteiger partial charge < -0.3 is 15.2 Å². The summed E-state index contributed by atoms with van der Waals surface area (Å²) >= 11 is 7.46. The van der Waals surface area contributed by atoms with Crippen LogP contribution in [0.25, 0.3) is 10.1 Å².